The predicted octanol–water partition coefficient (Wildman–Crippen LogP) is 4.53. The van der Waals surface area contributed by atoms with E-state index in [4.69, 9.17) is 4.98 Å². The molecule has 29 heavy (non-hydrogen) atoms. The van der Waals surface area contributed by atoms with E-state index in [1.165, 1.54) is 16.9 Å². The van der Waals surface area contributed by atoms with Crippen molar-refractivity contribution < 1.29 is 0 Å². The normalized spacial score (nSPS) is 11.7. The molecule has 0 saturated carbocycles. The van der Waals surface area contributed by atoms with Crippen molar-refractivity contribution >= 4 is 46.9 Å². The van der Waals surface area contributed by atoms with E-state index in [2.05, 4.69) is 35.9 Å². The van der Waals surface area contributed by atoms with E-state index >= 15 is 0 Å². The molecular weight excluding hydrogens is 374 g/mol. The van der Waals surface area contributed by atoms with Crippen molar-refractivity contribution in [3.05, 3.63) is 86.4 Å². The third-order valence-corrected chi connectivity index (χ3v) is 6.01. The number of benzene rings is 2. The van der Waals surface area contributed by atoms with Gasteiger partial charge >= 0.3 is 0 Å². The molecule has 0 atom stereocenters. The Morgan fingerprint density at radius 3 is 2.38 bits per heavy atom. The molecule has 0 aliphatic rings. The van der Waals surface area contributed by atoms with Gasteiger partial charge in [0.2, 0.25) is 0 Å². The molecule has 0 bridgehead atoms. The van der Waals surface area contributed by atoms with E-state index in [0.29, 0.717) is 5.57 Å². The molecule has 0 aliphatic carbocycles. The Labute approximate surface area is 174 Å². The summed E-state index contributed by atoms with van der Waals surface area (Å²) >= 11 is 1.51. The molecule has 4 rings (SSSR count). The van der Waals surface area contributed by atoms with Crippen LogP contribution in [0.2, 0.25) is 0 Å². The molecule has 0 saturated heterocycles. The minimum absolute atomic E-state index is 0.590. The molecule has 2 aromatic heterocycles. The quantitative estimate of drug-likeness (QED) is 0.466. The highest BCUT2D eigenvalue weighted by Gasteiger charge is 2.09. The number of thiazole rings is 1. The first-order valence-electron chi connectivity index (χ1n) is 9.45. The van der Waals surface area contributed by atoms with Crippen LogP contribution in [-0.4, -0.2) is 9.55 Å². The van der Waals surface area contributed by atoms with Crippen molar-refractivity contribution in [1.82, 2.24) is 9.55 Å². The first-order chi connectivity index (χ1) is 14.1. The third kappa shape index (κ3) is 3.78. The Hall–Kier alpha value is -3.42. The second-order valence-electron chi connectivity index (χ2n) is 7.07. The van der Waals surface area contributed by atoms with Crippen LogP contribution >= 0.6 is 11.3 Å². The average Bonchev–Trinajstić information content (AvgIpc) is 3.30. The summed E-state index contributed by atoms with van der Waals surface area (Å²) < 4.78 is 2.15. The van der Waals surface area contributed by atoms with Gasteiger partial charge in [0.05, 0.1) is 11.3 Å². The molecule has 4 aromatic rings. The molecule has 142 valence electrons. The van der Waals surface area contributed by atoms with Crippen molar-refractivity contribution in [3.8, 4) is 6.07 Å². The van der Waals surface area contributed by atoms with Crippen LogP contribution in [0.5, 0.6) is 0 Å². The van der Waals surface area contributed by atoms with Crippen molar-refractivity contribution in [2.45, 2.75) is 19.9 Å². The van der Waals surface area contributed by atoms with E-state index in [-0.39, 0.29) is 0 Å². The number of rotatable bonds is 5. The first kappa shape index (κ1) is 18.9. The maximum atomic E-state index is 9.59. The summed E-state index contributed by atoms with van der Waals surface area (Å²) in [6, 6.07) is 18.6. The number of nitriles is 1. The molecule has 2 heterocycles. The number of hydrogen-bond donors (Lipinski definition) is 0. The van der Waals surface area contributed by atoms with Gasteiger partial charge in [0, 0.05) is 39.8 Å². The summed E-state index contributed by atoms with van der Waals surface area (Å²) in [4.78, 5) is 4.70. The Morgan fingerprint density at radius 2 is 1.76 bits per heavy atom. The van der Waals surface area contributed by atoms with Crippen LogP contribution in [0.3, 0.4) is 0 Å². The topological polar surface area (TPSA) is 41.6 Å². The lowest BCUT2D eigenvalue weighted by Crippen LogP contribution is -2.26. The fraction of sp³-hybridized carbons (Fsp3) is 0.120. The van der Waals surface area contributed by atoms with Gasteiger partial charge in [0.25, 0.3) is 0 Å². The van der Waals surface area contributed by atoms with Gasteiger partial charge in [0.15, 0.2) is 0 Å². The Bertz CT molecular complexity index is 1300. The highest BCUT2D eigenvalue weighted by molar-refractivity contribution is 7.11. The summed E-state index contributed by atoms with van der Waals surface area (Å²) in [6.45, 7) is 11.3. The highest BCUT2D eigenvalue weighted by atomic mass is 32.1. The van der Waals surface area contributed by atoms with Gasteiger partial charge in [-0.1, -0.05) is 67.3 Å². The van der Waals surface area contributed by atoms with Gasteiger partial charge in [-0.3, -0.25) is 0 Å². The molecule has 0 aliphatic heterocycles. The highest BCUT2D eigenvalue weighted by Crippen LogP contribution is 2.22. The van der Waals surface area contributed by atoms with Crippen molar-refractivity contribution in [2.24, 2.45) is 0 Å². The zero-order valence-corrected chi connectivity index (χ0v) is 17.2. The van der Waals surface area contributed by atoms with Crippen LogP contribution in [0.25, 0.3) is 35.6 Å². The van der Waals surface area contributed by atoms with Crippen molar-refractivity contribution in [1.29, 1.82) is 5.26 Å². The minimum atomic E-state index is 0.590. The fourth-order valence-corrected chi connectivity index (χ4v) is 4.27. The Balaban J connectivity index is 1.55. The predicted molar refractivity (Wildman–Crippen MR) is 123 cm³/mol. The molecule has 0 amide bonds. The van der Waals surface area contributed by atoms with Crippen LogP contribution in [0, 0.1) is 18.3 Å². The monoisotopic (exact) mass is 395 g/mol. The maximum Gasteiger partial charge on any atom is 0.134 e. The van der Waals surface area contributed by atoms with E-state index < -0.39 is 0 Å². The number of aryl methyl sites for hydroxylation is 2. The van der Waals surface area contributed by atoms with Gasteiger partial charge in [-0.05, 0) is 18.6 Å². The summed E-state index contributed by atoms with van der Waals surface area (Å²) in [7, 11) is 0. The summed E-state index contributed by atoms with van der Waals surface area (Å²) in [6.07, 6.45) is 2.66. The number of fused-ring (bicyclic) bond motifs is 1. The van der Waals surface area contributed by atoms with Gasteiger partial charge in [-0.15, -0.1) is 11.3 Å². The van der Waals surface area contributed by atoms with Crippen molar-refractivity contribution in [2.75, 3.05) is 0 Å². The lowest BCUT2D eigenvalue weighted by Gasteiger charge is -2.02. The first-order valence-corrected chi connectivity index (χ1v) is 10.3. The van der Waals surface area contributed by atoms with E-state index in [0.717, 1.165) is 50.7 Å². The molecule has 4 heteroatoms. The van der Waals surface area contributed by atoms with Crippen LogP contribution in [0.1, 0.15) is 21.8 Å². The molecule has 0 unspecified atom stereocenters. The zero-order valence-electron chi connectivity index (χ0n) is 16.4. The van der Waals surface area contributed by atoms with Crippen LogP contribution in [0.15, 0.2) is 53.9 Å². The van der Waals surface area contributed by atoms with Crippen molar-refractivity contribution in [3.63, 3.8) is 0 Å². The Kier molecular flexibility index (Phi) is 5.16. The summed E-state index contributed by atoms with van der Waals surface area (Å²) in [5, 5.41) is 16.6. The van der Waals surface area contributed by atoms with E-state index in [1.54, 1.807) is 0 Å². The van der Waals surface area contributed by atoms with Gasteiger partial charge in [-0.2, -0.15) is 5.26 Å². The molecule has 0 spiro atoms. The second-order valence-corrected chi connectivity index (χ2v) is 7.92. The van der Waals surface area contributed by atoms with E-state index in [9.17, 15) is 5.26 Å². The lowest BCUT2D eigenvalue weighted by molar-refractivity contribution is 0.664. The SMILES string of the molecule is C=c1c2ccccc2c(=C)n1CCc1csc(/C(C#N)=C/c2ccc(C)cc2)n1. The van der Waals surface area contributed by atoms with Crippen LogP contribution in [0.4, 0.5) is 0 Å². The van der Waals surface area contributed by atoms with Gasteiger partial charge in [-0.25, -0.2) is 4.98 Å². The largest absolute Gasteiger partial charge is 0.341 e. The molecule has 2 aromatic carbocycles. The number of hydrogen-bond acceptors (Lipinski definition) is 3. The molecule has 0 fully saturated rings. The Morgan fingerprint density at radius 1 is 1.10 bits per heavy atom. The average molecular weight is 396 g/mol. The van der Waals surface area contributed by atoms with Gasteiger partial charge < -0.3 is 4.57 Å². The minimum Gasteiger partial charge on any atom is -0.341 e. The maximum absolute atomic E-state index is 9.59. The molecular formula is C25H21N3S. The van der Waals surface area contributed by atoms with E-state index in [1.807, 2.05) is 54.8 Å². The molecule has 3 nitrogen and oxygen atoms in total. The smallest absolute Gasteiger partial charge is 0.134 e. The summed E-state index contributed by atoms with van der Waals surface area (Å²) in [5.41, 5.74) is 3.77. The number of nitrogens with zero attached hydrogens (tertiary/aromatic N) is 3. The van der Waals surface area contributed by atoms with Crippen LogP contribution in [-0.2, 0) is 13.0 Å². The lowest BCUT2D eigenvalue weighted by atomic mass is 10.1. The molecule has 0 N–H and O–H groups in total. The van der Waals surface area contributed by atoms with Gasteiger partial charge in [0.1, 0.15) is 11.1 Å². The fourth-order valence-electron chi connectivity index (χ4n) is 3.45. The second kappa shape index (κ2) is 7.90. The standard InChI is InChI=1S/C25H21N3S/c1-17-8-10-20(11-9-17)14-21(15-26)25-27-22(16-29-25)12-13-28-18(2)23-6-4-5-7-24(23)19(28)3/h4-11,14,16H,2-3,12-13H2,1H3/b21-14+. The third-order valence-electron chi connectivity index (χ3n) is 5.08. The zero-order chi connectivity index (χ0) is 20.4. The summed E-state index contributed by atoms with van der Waals surface area (Å²) in [5.74, 6) is 0. The number of allylic oxidation sites excluding steroid dienone is 1. The molecule has 0 radical (unpaired) electrons. The van der Waals surface area contributed by atoms with Crippen LogP contribution < -0.4 is 10.7 Å². The number of aromatic nitrogens is 2.